The molecule has 0 fully saturated rings. The molecule has 0 aromatic carbocycles. The number of hydrogen-bond donors (Lipinski definition) is 3. The summed E-state index contributed by atoms with van der Waals surface area (Å²) in [5.74, 6) is 0.839. The zero-order chi connectivity index (χ0) is 16.6. The predicted molar refractivity (Wildman–Crippen MR) is 110 cm³/mol. The molecule has 0 radical (unpaired) electrons. The van der Waals surface area contributed by atoms with Crippen LogP contribution in [0.5, 0.6) is 0 Å². The van der Waals surface area contributed by atoms with Crippen molar-refractivity contribution in [2.45, 2.75) is 41.2 Å². The molecule has 23 heavy (non-hydrogen) atoms. The molecule has 0 aliphatic rings. The average Bonchev–Trinajstić information content (AvgIpc) is 2.84. The van der Waals surface area contributed by atoms with Gasteiger partial charge in [-0.15, -0.1) is 35.3 Å². The van der Waals surface area contributed by atoms with Crippen molar-refractivity contribution in [1.29, 1.82) is 0 Å². The van der Waals surface area contributed by atoms with Crippen LogP contribution >= 0.6 is 35.3 Å². The van der Waals surface area contributed by atoms with Crippen LogP contribution in [0.2, 0.25) is 0 Å². The van der Waals surface area contributed by atoms with E-state index in [4.69, 9.17) is 0 Å². The fourth-order valence-corrected chi connectivity index (χ4v) is 2.51. The van der Waals surface area contributed by atoms with Gasteiger partial charge in [-0.25, -0.2) is 4.99 Å². The Balaban J connectivity index is 0.00000484. The maximum absolute atomic E-state index is 11.8. The molecule has 132 valence electrons. The number of carbonyl (C=O) groups is 1. The maximum Gasteiger partial charge on any atom is 0.225 e. The van der Waals surface area contributed by atoms with E-state index in [1.807, 2.05) is 27.7 Å². The summed E-state index contributed by atoms with van der Waals surface area (Å²) in [6.45, 7) is 12.6. The van der Waals surface area contributed by atoms with Gasteiger partial charge in [-0.3, -0.25) is 4.79 Å². The monoisotopic (exact) mass is 452 g/mol. The highest BCUT2D eigenvalue weighted by Crippen LogP contribution is 2.16. The Hall–Kier alpha value is -0.830. The maximum atomic E-state index is 11.8. The van der Waals surface area contributed by atoms with Gasteiger partial charge >= 0.3 is 0 Å². The van der Waals surface area contributed by atoms with Crippen molar-refractivity contribution in [2.75, 3.05) is 19.6 Å². The Labute approximate surface area is 160 Å². The molecule has 0 atom stereocenters. The Morgan fingerprint density at radius 1 is 1.22 bits per heavy atom. The Morgan fingerprint density at radius 3 is 2.39 bits per heavy atom. The van der Waals surface area contributed by atoms with E-state index in [0.717, 1.165) is 12.5 Å². The molecular formula is C16H29IN4OS. The zero-order valence-corrected chi connectivity index (χ0v) is 17.8. The van der Waals surface area contributed by atoms with Crippen LogP contribution in [-0.4, -0.2) is 31.5 Å². The van der Waals surface area contributed by atoms with Crippen LogP contribution in [-0.2, 0) is 11.3 Å². The van der Waals surface area contributed by atoms with Gasteiger partial charge < -0.3 is 16.0 Å². The lowest BCUT2D eigenvalue weighted by molar-refractivity contribution is -0.128. The first-order chi connectivity index (χ1) is 10.3. The molecule has 5 nitrogen and oxygen atoms in total. The van der Waals surface area contributed by atoms with E-state index in [1.165, 1.54) is 10.4 Å². The number of carbonyl (C=O) groups excluding carboxylic acids is 1. The summed E-state index contributed by atoms with van der Waals surface area (Å²) < 4.78 is 0. The summed E-state index contributed by atoms with van der Waals surface area (Å²) in [7, 11) is 0. The summed E-state index contributed by atoms with van der Waals surface area (Å²) in [6.07, 6.45) is 0. The quantitative estimate of drug-likeness (QED) is 0.269. The molecule has 1 aromatic heterocycles. The van der Waals surface area contributed by atoms with Gasteiger partial charge in [-0.2, -0.15) is 0 Å². The van der Waals surface area contributed by atoms with Crippen molar-refractivity contribution in [2.24, 2.45) is 10.4 Å². The van der Waals surface area contributed by atoms with E-state index in [1.54, 1.807) is 11.3 Å². The standard InChI is InChI=1S/C16H28N4OS.HI/c1-6-17-15(20-11-13-12(2)7-10-22-13)19-9-8-18-14(21)16(3,4)5;/h7,10H,6,8-9,11H2,1-5H3,(H,18,21)(H2,17,19,20);1H. The highest BCUT2D eigenvalue weighted by Gasteiger charge is 2.20. The smallest absolute Gasteiger partial charge is 0.225 e. The molecule has 0 saturated carbocycles. The number of thiophene rings is 1. The number of guanidine groups is 1. The third-order valence-electron chi connectivity index (χ3n) is 3.08. The molecule has 3 N–H and O–H groups in total. The largest absolute Gasteiger partial charge is 0.357 e. The van der Waals surface area contributed by atoms with E-state index >= 15 is 0 Å². The van der Waals surface area contributed by atoms with Crippen LogP contribution in [0.4, 0.5) is 0 Å². The average molecular weight is 452 g/mol. The van der Waals surface area contributed by atoms with Crippen molar-refractivity contribution in [3.05, 3.63) is 21.9 Å². The van der Waals surface area contributed by atoms with Crippen molar-refractivity contribution < 1.29 is 4.79 Å². The van der Waals surface area contributed by atoms with Crippen molar-refractivity contribution in [3.8, 4) is 0 Å². The Kier molecular flexibility index (Phi) is 10.5. The second-order valence-electron chi connectivity index (χ2n) is 6.15. The summed E-state index contributed by atoms with van der Waals surface area (Å²) in [5, 5.41) is 11.5. The fraction of sp³-hybridized carbons (Fsp3) is 0.625. The van der Waals surface area contributed by atoms with Crippen LogP contribution in [0.3, 0.4) is 0 Å². The number of hydrogen-bond acceptors (Lipinski definition) is 3. The fourth-order valence-electron chi connectivity index (χ4n) is 1.68. The highest BCUT2D eigenvalue weighted by atomic mass is 127. The molecule has 0 unspecified atom stereocenters. The lowest BCUT2D eigenvalue weighted by atomic mass is 9.96. The lowest BCUT2D eigenvalue weighted by Crippen LogP contribution is -2.43. The third kappa shape index (κ3) is 8.55. The number of rotatable bonds is 6. The second-order valence-corrected chi connectivity index (χ2v) is 7.16. The minimum Gasteiger partial charge on any atom is -0.357 e. The third-order valence-corrected chi connectivity index (χ3v) is 4.09. The molecule has 7 heteroatoms. The van der Waals surface area contributed by atoms with E-state index in [2.05, 4.69) is 39.3 Å². The summed E-state index contributed by atoms with van der Waals surface area (Å²) >= 11 is 1.72. The van der Waals surface area contributed by atoms with Crippen LogP contribution in [0.15, 0.2) is 16.4 Å². The number of halogens is 1. The number of nitrogens with one attached hydrogen (secondary N) is 3. The minimum atomic E-state index is -0.352. The lowest BCUT2D eigenvalue weighted by Gasteiger charge is -2.18. The molecule has 1 heterocycles. The molecule has 0 bridgehead atoms. The van der Waals surface area contributed by atoms with Gasteiger partial charge in [-0.1, -0.05) is 20.8 Å². The van der Waals surface area contributed by atoms with Gasteiger partial charge in [-0.05, 0) is 30.9 Å². The molecule has 0 spiro atoms. The Morgan fingerprint density at radius 2 is 1.87 bits per heavy atom. The minimum absolute atomic E-state index is 0. The van der Waals surface area contributed by atoms with Gasteiger partial charge in [0.2, 0.25) is 5.91 Å². The van der Waals surface area contributed by atoms with E-state index < -0.39 is 0 Å². The van der Waals surface area contributed by atoms with Gasteiger partial charge in [0, 0.05) is 29.9 Å². The first kappa shape index (κ1) is 22.2. The van der Waals surface area contributed by atoms with Crippen molar-refractivity contribution in [3.63, 3.8) is 0 Å². The number of nitrogens with zero attached hydrogens (tertiary/aromatic N) is 1. The van der Waals surface area contributed by atoms with E-state index in [-0.39, 0.29) is 35.3 Å². The first-order valence-corrected chi connectivity index (χ1v) is 8.56. The van der Waals surface area contributed by atoms with Crippen LogP contribution in [0.1, 0.15) is 38.1 Å². The topological polar surface area (TPSA) is 65.5 Å². The van der Waals surface area contributed by atoms with Gasteiger partial charge in [0.05, 0.1) is 6.54 Å². The Bertz CT molecular complexity index is 508. The SMILES string of the molecule is CCNC(=NCc1sccc1C)NCCNC(=O)C(C)(C)C.I. The van der Waals surface area contributed by atoms with E-state index in [9.17, 15) is 4.79 Å². The number of aryl methyl sites for hydroxylation is 1. The summed E-state index contributed by atoms with van der Waals surface area (Å²) in [6, 6.07) is 2.11. The number of aliphatic imine (C=N–C) groups is 1. The van der Waals surface area contributed by atoms with Gasteiger partial charge in [0.25, 0.3) is 0 Å². The van der Waals surface area contributed by atoms with Crippen LogP contribution in [0.25, 0.3) is 0 Å². The van der Waals surface area contributed by atoms with Gasteiger partial charge in [0.1, 0.15) is 0 Å². The predicted octanol–water partition coefficient (Wildman–Crippen LogP) is 2.89. The molecule has 1 rings (SSSR count). The molecule has 0 aliphatic heterocycles. The molecule has 1 amide bonds. The van der Waals surface area contributed by atoms with Crippen LogP contribution in [0, 0.1) is 12.3 Å². The second kappa shape index (κ2) is 10.9. The molecule has 0 saturated heterocycles. The van der Waals surface area contributed by atoms with E-state index in [0.29, 0.717) is 19.6 Å². The molecule has 1 aromatic rings. The first-order valence-electron chi connectivity index (χ1n) is 7.68. The van der Waals surface area contributed by atoms with Crippen molar-refractivity contribution in [1.82, 2.24) is 16.0 Å². The molecule has 0 aliphatic carbocycles. The van der Waals surface area contributed by atoms with Crippen LogP contribution < -0.4 is 16.0 Å². The normalized spacial score (nSPS) is 11.6. The number of amides is 1. The van der Waals surface area contributed by atoms with Gasteiger partial charge in [0.15, 0.2) is 5.96 Å². The summed E-state index contributed by atoms with van der Waals surface area (Å²) in [5.41, 5.74) is 0.928. The highest BCUT2D eigenvalue weighted by molar-refractivity contribution is 14.0. The van der Waals surface area contributed by atoms with Crippen molar-refractivity contribution >= 4 is 47.2 Å². The molecular weight excluding hydrogens is 423 g/mol. The zero-order valence-electron chi connectivity index (χ0n) is 14.7. The summed E-state index contributed by atoms with van der Waals surface area (Å²) in [4.78, 5) is 17.6.